The van der Waals surface area contributed by atoms with Crippen molar-refractivity contribution >= 4 is 5.82 Å². The highest BCUT2D eigenvalue weighted by Gasteiger charge is 2.36. The molecule has 3 heteroatoms. The summed E-state index contributed by atoms with van der Waals surface area (Å²) in [5.41, 5.74) is 0. The number of nitrogens with one attached hydrogen (secondary N) is 1. The van der Waals surface area contributed by atoms with Gasteiger partial charge in [0, 0.05) is 24.8 Å². The average Bonchev–Trinajstić information content (AvgIpc) is 2.85. The van der Waals surface area contributed by atoms with Crippen molar-refractivity contribution < 1.29 is 5.11 Å². The molecule has 12 heavy (non-hydrogen) atoms. The van der Waals surface area contributed by atoms with E-state index in [4.69, 9.17) is 5.11 Å². The molecule has 1 aliphatic carbocycles. The van der Waals surface area contributed by atoms with E-state index < -0.39 is 0 Å². The van der Waals surface area contributed by atoms with E-state index in [0.717, 1.165) is 12.2 Å². The normalized spacial score (nSPS) is 26.8. The number of rotatable bonds is 3. The molecule has 1 aliphatic rings. The predicted octanol–water partition coefficient (Wildman–Crippen LogP) is 0.874. The first-order chi connectivity index (χ1) is 5.90. The van der Waals surface area contributed by atoms with Crippen molar-refractivity contribution in [1.29, 1.82) is 0 Å². The lowest BCUT2D eigenvalue weighted by Crippen LogP contribution is -2.07. The topological polar surface area (TPSA) is 45.1 Å². The van der Waals surface area contributed by atoms with Crippen LogP contribution in [0.5, 0.6) is 0 Å². The van der Waals surface area contributed by atoms with E-state index in [1.807, 2.05) is 18.2 Å². The lowest BCUT2D eigenvalue weighted by molar-refractivity contribution is 0.275. The van der Waals surface area contributed by atoms with E-state index in [9.17, 15) is 0 Å². The maximum Gasteiger partial charge on any atom is 0.126 e. The molecular formula is C9H12N2O. The Bertz CT molecular complexity index is 250. The van der Waals surface area contributed by atoms with E-state index in [2.05, 4.69) is 10.3 Å². The molecule has 1 aromatic heterocycles. The summed E-state index contributed by atoms with van der Waals surface area (Å²) in [4.78, 5) is 4.13. The second kappa shape index (κ2) is 3.11. The van der Waals surface area contributed by atoms with Gasteiger partial charge in [0.15, 0.2) is 0 Å². The molecule has 0 saturated heterocycles. The summed E-state index contributed by atoms with van der Waals surface area (Å²) in [6.45, 7) is 0.282. The minimum Gasteiger partial charge on any atom is -0.396 e. The zero-order chi connectivity index (χ0) is 8.39. The van der Waals surface area contributed by atoms with Gasteiger partial charge in [0.25, 0.3) is 0 Å². The molecule has 0 unspecified atom stereocenters. The Morgan fingerprint density at radius 3 is 3.08 bits per heavy atom. The molecule has 2 N–H and O–H groups in total. The number of nitrogens with zero attached hydrogens (tertiary/aromatic N) is 1. The smallest absolute Gasteiger partial charge is 0.126 e. The fourth-order valence-corrected chi connectivity index (χ4v) is 1.26. The molecule has 1 aromatic rings. The van der Waals surface area contributed by atoms with Gasteiger partial charge in [-0.1, -0.05) is 6.07 Å². The largest absolute Gasteiger partial charge is 0.396 e. The summed E-state index contributed by atoms with van der Waals surface area (Å²) in [6, 6.07) is 6.21. The van der Waals surface area contributed by atoms with Crippen LogP contribution >= 0.6 is 0 Å². The van der Waals surface area contributed by atoms with Crippen LogP contribution in [0.4, 0.5) is 5.82 Å². The van der Waals surface area contributed by atoms with Crippen molar-refractivity contribution in [1.82, 2.24) is 4.98 Å². The molecule has 64 valence electrons. The van der Waals surface area contributed by atoms with E-state index in [1.165, 1.54) is 0 Å². The highest BCUT2D eigenvalue weighted by molar-refractivity contribution is 5.36. The highest BCUT2D eigenvalue weighted by Crippen LogP contribution is 2.32. The molecule has 1 saturated carbocycles. The van der Waals surface area contributed by atoms with Gasteiger partial charge in [-0.15, -0.1) is 0 Å². The van der Waals surface area contributed by atoms with Gasteiger partial charge in [0.1, 0.15) is 5.82 Å². The molecule has 0 amide bonds. The molecule has 0 aliphatic heterocycles. The number of hydrogen-bond donors (Lipinski definition) is 2. The third-order valence-electron chi connectivity index (χ3n) is 2.16. The van der Waals surface area contributed by atoms with Crippen molar-refractivity contribution in [3.05, 3.63) is 24.4 Å². The molecule has 2 rings (SSSR count). The highest BCUT2D eigenvalue weighted by atomic mass is 16.3. The molecule has 0 bridgehead atoms. The maximum atomic E-state index is 8.79. The Kier molecular flexibility index (Phi) is 1.96. The molecule has 2 atom stereocenters. The summed E-state index contributed by atoms with van der Waals surface area (Å²) < 4.78 is 0. The summed E-state index contributed by atoms with van der Waals surface area (Å²) in [6.07, 6.45) is 2.83. The Balaban J connectivity index is 1.89. The first-order valence-corrected chi connectivity index (χ1v) is 4.18. The van der Waals surface area contributed by atoms with Crippen molar-refractivity contribution in [2.24, 2.45) is 5.92 Å². The molecule has 1 fully saturated rings. The van der Waals surface area contributed by atoms with Gasteiger partial charge >= 0.3 is 0 Å². The lowest BCUT2D eigenvalue weighted by atomic mass is 10.4. The number of pyridine rings is 1. The van der Waals surface area contributed by atoms with Crippen LogP contribution in [0, 0.1) is 5.92 Å². The third-order valence-corrected chi connectivity index (χ3v) is 2.16. The van der Waals surface area contributed by atoms with Gasteiger partial charge in [-0.2, -0.15) is 0 Å². The van der Waals surface area contributed by atoms with Crippen molar-refractivity contribution in [3.8, 4) is 0 Å². The summed E-state index contributed by atoms with van der Waals surface area (Å²) in [5, 5.41) is 12.0. The van der Waals surface area contributed by atoms with E-state index >= 15 is 0 Å². The molecule has 0 aromatic carbocycles. The van der Waals surface area contributed by atoms with E-state index in [0.29, 0.717) is 12.0 Å². The molecule has 0 spiro atoms. The molecule has 1 heterocycles. The van der Waals surface area contributed by atoms with Crippen LogP contribution in [-0.4, -0.2) is 22.7 Å². The van der Waals surface area contributed by atoms with Crippen molar-refractivity contribution in [2.45, 2.75) is 12.5 Å². The van der Waals surface area contributed by atoms with Gasteiger partial charge in [-0.05, 0) is 18.6 Å². The third kappa shape index (κ3) is 1.56. The first kappa shape index (κ1) is 7.55. The minimum atomic E-state index is 0.282. The first-order valence-electron chi connectivity index (χ1n) is 4.18. The maximum absolute atomic E-state index is 8.79. The standard InChI is InChI=1S/C9H12N2O/c12-6-7-5-8(7)11-9-3-1-2-4-10-9/h1-4,7-8,12H,5-6H2,(H,10,11)/t7-,8+/m0/s1. The Morgan fingerprint density at radius 1 is 1.58 bits per heavy atom. The zero-order valence-electron chi connectivity index (χ0n) is 6.77. The summed E-state index contributed by atoms with van der Waals surface area (Å²) in [5.74, 6) is 1.34. The van der Waals surface area contributed by atoms with Crippen LogP contribution in [0.15, 0.2) is 24.4 Å². The van der Waals surface area contributed by atoms with E-state index in [-0.39, 0.29) is 6.61 Å². The minimum absolute atomic E-state index is 0.282. The summed E-state index contributed by atoms with van der Waals surface area (Å²) >= 11 is 0. The quantitative estimate of drug-likeness (QED) is 0.697. The molecule has 0 radical (unpaired) electrons. The number of anilines is 1. The van der Waals surface area contributed by atoms with Crippen LogP contribution in [0.1, 0.15) is 6.42 Å². The van der Waals surface area contributed by atoms with Crippen LogP contribution in [-0.2, 0) is 0 Å². The molecular weight excluding hydrogens is 152 g/mol. The fraction of sp³-hybridized carbons (Fsp3) is 0.444. The van der Waals surface area contributed by atoms with Gasteiger partial charge in [-0.3, -0.25) is 0 Å². The number of aliphatic hydroxyl groups excluding tert-OH is 1. The lowest BCUT2D eigenvalue weighted by Gasteiger charge is -2.02. The second-order valence-electron chi connectivity index (χ2n) is 3.14. The van der Waals surface area contributed by atoms with E-state index in [1.54, 1.807) is 6.20 Å². The van der Waals surface area contributed by atoms with Gasteiger partial charge < -0.3 is 10.4 Å². The van der Waals surface area contributed by atoms with Crippen LogP contribution < -0.4 is 5.32 Å². The predicted molar refractivity (Wildman–Crippen MR) is 46.8 cm³/mol. The number of aromatic nitrogens is 1. The van der Waals surface area contributed by atoms with Gasteiger partial charge in [0.2, 0.25) is 0 Å². The van der Waals surface area contributed by atoms with Crippen molar-refractivity contribution in [3.63, 3.8) is 0 Å². The monoisotopic (exact) mass is 164 g/mol. The van der Waals surface area contributed by atoms with Crippen LogP contribution in [0.2, 0.25) is 0 Å². The second-order valence-corrected chi connectivity index (χ2v) is 3.14. The number of aliphatic hydroxyl groups is 1. The Labute approximate surface area is 71.4 Å². The average molecular weight is 164 g/mol. The number of hydrogen-bond acceptors (Lipinski definition) is 3. The van der Waals surface area contributed by atoms with Crippen LogP contribution in [0.3, 0.4) is 0 Å². The zero-order valence-corrected chi connectivity index (χ0v) is 6.77. The summed E-state index contributed by atoms with van der Waals surface area (Å²) in [7, 11) is 0. The molecule has 3 nitrogen and oxygen atoms in total. The van der Waals surface area contributed by atoms with Crippen molar-refractivity contribution in [2.75, 3.05) is 11.9 Å². The SMILES string of the molecule is OC[C@@H]1C[C@H]1Nc1ccccn1. The fourth-order valence-electron chi connectivity index (χ4n) is 1.26. The van der Waals surface area contributed by atoms with Gasteiger partial charge in [-0.25, -0.2) is 4.98 Å². The van der Waals surface area contributed by atoms with Gasteiger partial charge in [0.05, 0.1) is 0 Å². The Morgan fingerprint density at radius 2 is 2.50 bits per heavy atom. The Hall–Kier alpha value is -1.09. The van der Waals surface area contributed by atoms with Crippen LogP contribution in [0.25, 0.3) is 0 Å².